The fourth-order valence-corrected chi connectivity index (χ4v) is 6.56. The van der Waals surface area contributed by atoms with Crippen LogP contribution in [0.4, 0.5) is 0 Å². The van der Waals surface area contributed by atoms with Gasteiger partial charge in [-0.1, -0.05) is 164 Å². The molecule has 3 nitrogen and oxygen atoms in total. The molecule has 0 aliphatic carbocycles. The molecule has 0 amide bonds. The van der Waals surface area contributed by atoms with Crippen LogP contribution in [0.25, 0.3) is 88.7 Å². The Morgan fingerprint density at radius 2 is 0.854 bits per heavy atom. The molecule has 224 valence electrons. The molecule has 0 fully saturated rings. The molecule has 0 saturated heterocycles. The van der Waals surface area contributed by atoms with E-state index in [4.69, 9.17) is 21.8 Å². The highest BCUT2D eigenvalue weighted by Crippen LogP contribution is 2.38. The number of hydrogen-bond donors (Lipinski definition) is 0. The maximum atomic E-state index is 8.64. The van der Waals surface area contributed by atoms with Crippen molar-refractivity contribution in [1.29, 1.82) is 0 Å². The van der Waals surface area contributed by atoms with Gasteiger partial charge in [0.05, 0.1) is 6.85 Å². The van der Waals surface area contributed by atoms with Gasteiger partial charge in [0.2, 0.25) is 0 Å². The van der Waals surface area contributed by atoms with E-state index >= 15 is 0 Å². The standard InChI is InChI=1S/C45H29N3/c1-3-14-30(15-4-1)36-26-27-37(40-24-10-9-23-39(36)40)32-19-13-20-34(28-32)44-46-43(31-16-5-2-6-17-31)47-45(48-44)42-29-33-18-7-8-21-35(33)38-22-11-12-25-41(38)42/h1-29H/i1D,3D,4D,14D,15D. The molecule has 0 atom stereocenters. The molecular formula is C45H29N3. The molecule has 9 rings (SSSR count). The minimum absolute atomic E-state index is 0.180. The average Bonchev–Trinajstić information content (AvgIpc) is 3.22. The van der Waals surface area contributed by atoms with Crippen LogP contribution in [-0.4, -0.2) is 15.0 Å². The van der Waals surface area contributed by atoms with Crippen LogP contribution in [0.1, 0.15) is 6.85 Å². The third kappa shape index (κ3) is 4.90. The van der Waals surface area contributed by atoms with E-state index in [0.29, 0.717) is 23.0 Å². The number of rotatable bonds is 5. The predicted molar refractivity (Wildman–Crippen MR) is 200 cm³/mol. The fraction of sp³-hybridized carbons (Fsp3) is 0. The summed E-state index contributed by atoms with van der Waals surface area (Å²) in [6.07, 6.45) is 0. The zero-order valence-electron chi connectivity index (χ0n) is 30.7. The summed E-state index contributed by atoms with van der Waals surface area (Å²) in [5.41, 5.74) is 5.22. The van der Waals surface area contributed by atoms with Crippen molar-refractivity contribution in [3.8, 4) is 56.4 Å². The number of aromatic nitrogens is 3. The van der Waals surface area contributed by atoms with Crippen LogP contribution >= 0.6 is 0 Å². The lowest BCUT2D eigenvalue weighted by atomic mass is 9.91. The Hall–Kier alpha value is -6.45. The van der Waals surface area contributed by atoms with Gasteiger partial charge < -0.3 is 0 Å². The van der Waals surface area contributed by atoms with Gasteiger partial charge in [-0.15, -0.1) is 0 Å². The van der Waals surface area contributed by atoms with Crippen LogP contribution in [-0.2, 0) is 0 Å². The van der Waals surface area contributed by atoms with Crippen LogP contribution in [0.15, 0.2) is 176 Å². The zero-order valence-corrected chi connectivity index (χ0v) is 25.7. The van der Waals surface area contributed by atoms with E-state index in [1.165, 1.54) is 5.39 Å². The Bertz CT molecular complexity index is 2880. The lowest BCUT2D eigenvalue weighted by molar-refractivity contribution is 1.08. The smallest absolute Gasteiger partial charge is 0.164 e. The van der Waals surface area contributed by atoms with Gasteiger partial charge >= 0.3 is 0 Å². The van der Waals surface area contributed by atoms with Gasteiger partial charge in [0.1, 0.15) is 0 Å². The fourth-order valence-electron chi connectivity index (χ4n) is 6.56. The molecule has 8 aromatic carbocycles. The third-order valence-electron chi connectivity index (χ3n) is 8.80. The maximum absolute atomic E-state index is 8.64. The summed E-state index contributed by atoms with van der Waals surface area (Å²) in [5.74, 6) is 1.68. The van der Waals surface area contributed by atoms with Gasteiger partial charge in [-0.05, 0) is 66.7 Å². The molecule has 9 aromatic rings. The number of fused-ring (bicyclic) bond motifs is 4. The summed E-state index contributed by atoms with van der Waals surface area (Å²) >= 11 is 0. The Labute approximate surface area is 285 Å². The van der Waals surface area contributed by atoms with Crippen molar-refractivity contribution in [3.05, 3.63) is 176 Å². The van der Waals surface area contributed by atoms with Crippen molar-refractivity contribution in [2.75, 3.05) is 0 Å². The molecule has 1 heterocycles. The largest absolute Gasteiger partial charge is 0.208 e. The molecule has 0 saturated carbocycles. The van der Waals surface area contributed by atoms with Gasteiger partial charge in [-0.25, -0.2) is 15.0 Å². The van der Waals surface area contributed by atoms with Crippen LogP contribution in [0.2, 0.25) is 0 Å². The zero-order chi connectivity index (χ0) is 36.2. The second-order valence-corrected chi connectivity index (χ2v) is 11.7. The second-order valence-electron chi connectivity index (χ2n) is 11.7. The lowest BCUT2D eigenvalue weighted by Crippen LogP contribution is -2.01. The SMILES string of the molecule is [2H]c1c([2H])c([2H])c(-c2ccc(-c3cccc(-c4nc(-c5ccccc5)nc(-c5cc6ccccc6c6ccccc56)n4)c3)c3ccccc23)c([2H])c1[2H]. The summed E-state index contributed by atoms with van der Waals surface area (Å²) in [6.45, 7) is 0. The Morgan fingerprint density at radius 1 is 0.333 bits per heavy atom. The van der Waals surface area contributed by atoms with Gasteiger partial charge in [0.25, 0.3) is 0 Å². The molecule has 0 spiro atoms. The van der Waals surface area contributed by atoms with Crippen LogP contribution in [0.5, 0.6) is 0 Å². The van der Waals surface area contributed by atoms with Crippen LogP contribution in [0, 0.1) is 0 Å². The summed E-state index contributed by atoms with van der Waals surface area (Å²) < 4.78 is 41.9. The second kappa shape index (κ2) is 11.7. The Kier molecular flexibility index (Phi) is 5.61. The third-order valence-corrected chi connectivity index (χ3v) is 8.80. The van der Waals surface area contributed by atoms with Crippen molar-refractivity contribution in [3.63, 3.8) is 0 Å². The normalized spacial score (nSPS) is 12.8. The van der Waals surface area contributed by atoms with Gasteiger partial charge in [-0.2, -0.15) is 0 Å². The number of nitrogens with zero attached hydrogens (tertiary/aromatic N) is 3. The topological polar surface area (TPSA) is 38.7 Å². The highest BCUT2D eigenvalue weighted by molar-refractivity contribution is 6.13. The molecule has 0 radical (unpaired) electrons. The van der Waals surface area contributed by atoms with Crippen molar-refractivity contribution >= 4 is 32.3 Å². The van der Waals surface area contributed by atoms with Gasteiger partial charge in [-0.3, -0.25) is 0 Å². The molecule has 0 aliphatic rings. The van der Waals surface area contributed by atoms with E-state index in [1.54, 1.807) is 0 Å². The highest BCUT2D eigenvalue weighted by atomic mass is 15.0. The molecule has 3 heteroatoms. The molecule has 0 aliphatic heterocycles. The Morgan fingerprint density at radius 3 is 1.58 bits per heavy atom. The van der Waals surface area contributed by atoms with E-state index < -0.39 is 6.04 Å². The predicted octanol–water partition coefficient (Wildman–Crippen LogP) is 11.7. The van der Waals surface area contributed by atoms with Crippen molar-refractivity contribution in [1.82, 2.24) is 15.0 Å². The first-order chi connectivity index (χ1) is 25.9. The Balaban J connectivity index is 1.23. The van der Waals surface area contributed by atoms with Gasteiger partial charge in [0.15, 0.2) is 17.5 Å². The van der Waals surface area contributed by atoms with E-state index in [9.17, 15) is 0 Å². The van der Waals surface area contributed by atoms with Gasteiger partial charge in [0, 0.05) is 16.7 Å². The minimum atomic E-state index is -0.410. The van der Waals surface area contributed by atoms with Crippen molar-refractivity contribution in [2.45, 2.75) is 0 Å². The molecule has 48 heavy (non-hydrogen) atoms. The van der Waals surface area contributed by atoms with E-state index in [2.05, 4.69) is 48.5 Å². The summed E-state index contributed by atoms with van der Waals surface area (Å²) in [4.78, 5) is 15.2. The first-order valence-corrected chi connectivity index (χ1v) is 15.8. The molecule has 1 aromatic heterocycles. The van der Waals surface area contributed by atoms with Crippen LogP contribution in [0.3, 0.4) is 0 Å². The molecule has 0 unspecified atom stereocenters. The van der Waals surface area contributed by atoms with Crippen molar-refractivity contribution in [2.24, 2.45) is 0 Å². The maximum Gasteiger partial charge on any atom is 0.164 e. The monoisotopic (exact) mass is 616 g/mol. The van der Waals surface area contributed by atoms with Crippen molar-refractivity contribution < 1.29 is 6.85 Å². The van der Waals surface area contributed by atoms with Crippen LogP contribution < -0.4 is 0 Å². The first-order valence-electron chi connectivity index (χ1n) is 18.3. The summed E-state index contributed by atoms with van der Waals surface area (Å²) in [6, 6.07) is 46.9. The summed E-state index contributed by atoms with van der Waals surface area (Å²) in [7, 11) is 0. The highest BCUT2D eigenvalue weighted by Gasteiger charge is 2.17. The summed E-state index contributed by atoms with van der Waals surface area (Å²) in [5, 5.41) is 6.13. The molecule has 0 bridgehead atoms. The minimum Gasteiger partial charge on any atom is -0.208 e. The lowest BCUT2D eigenvalue weighted by Gasteiger charge is -2.14. The van der Waals surface area contributed by atoms with E-state index in [1.807, 2.05) is 97.1 Å². The first kappa shape index (κ1) is 23.0. The van der Waals surface area contributed by atoms with E-state index in [0.717, 1.165) is 54.7 Å². The quantitative estimate of drug-likeness (QED) is 0.181. The number of hydrogen-bond acceptors (Lipinski definition) is 3. The number of benzene rings is 8. The average molecular weight is 617 g/mol. The van der Waals surface area contributed by atoms with E-state index in [-0.39, 0.29) is 29.7 Å². The molecule has 0 N–H and O–H groups in total. The molecular weight excluding hydrogens is 583 g/mol.